The van der Waals surface area contributed by atoms with Crippen molar-refractivity contribution >= 4 is 34.5 Å². The Morgan fingerprint density at radius 1 is 1.09 bits per heavy atom. The molecule has 1 aromatic carbocycles. The van der Waals surface area contributed by atoms with E-state index in [0.717, 1.165) is 18.0 Å². The Kier molecular flexibility index (Phi) is 7.73. The Hall–Kier alpha value is -3.08. The van der Waals surface area contributed by atoms with E-state index < -0.39 is 17.6 Å². The molecule has 0 aliphatic carbocycles. The minimum Gasteiger partial charge on any atom is -0.479 e. The van der Waals surface area contributed by atoms with Crippen molar-refractivity contribution in [3.8, 4) is 5.88 Å². The van der Waals surface area contributed by atoms with E-state index in [1.54, 1.807) is 11.0 Å². The standard InChI is InChI=1S/C21H24F2N4O4S/c1-4-17-16(20(28)31-3)12-18(19(24-17)30-2)25-32-21(29)27-7-5-26(6-8-27)15-10-13(22)9-14(23)11-15/h9-12,25H,4-8H2,1-3H3. The number of piperazine rings is 1. The average Bonchev–Trinajstić information content (AvgIpc) is 2.80. The number of pyridine rings is 1. The minimum atomic E-state index is -0.638. The number of halogens is 2. The molecule has 172 valence electrons. The number of aromatic nitrogens is 1. The molecule has 1 N–H and O–H groups in total. The fourth-order valence-corrected chi connectivity index (χ4v) is 4.00. The summed E-state index contributed by atoms with van der Waals surface area (Å²) in [6.07, 6.45) is 0.507. The number of aryl methyl sites for hydroxylation is 1. The zero-order valence-electron chi connectivity index (χ0n) is 18.0. The van der Waals surface area contributed by atoms with E-state index in [1.165, 1.54) is 26.4 Å². The van der Waals surface area contributed by atoms with Crippen molar-refractivity contribution in [1.29, 1.82) is 0 Å². The lowest BCUT2D eigenvalue weighted by molar-refractivity contribution is 0.0599. The van der Waals surface area contributed by atoms with Crippen LogP contribution in [0.1, 0.15) is 23.0 Å². The summed E-state index contributed by atoms with van der Waals surface area (Å²) in [5.41, 5.74) is 1.64. The number of esters is 1. The lowest BCUT2D eigenvalue weighted by atomic mass is 10.1. The topological polar surface area (TPSA) is 84.0 Å². The molecule has 2 aromatic rings. The molecule has 32 heavy (non-hydrogen) atoms. The van der Waals surface area contributed by atoms with Gasteiger partial charge in [0.05, 0.1) is 25.5 Å². The number of benzene rings is 1. The Morgan fingerprint density at radius 2 is 1.75 bits per heavy atom. The van der Waals surface area contributed by atoms with Gasteiger partial charge in [0.15, 0.2) is 0 Å². The first-order chi connectivity index (χ1) is 15.4. The van der Waals surface area contributed by atoms with Gasteiger partial charge >= 0.3 is 11.2 Å². The number of hydrogen-bond donors (Lipinski definition) is 1. The third-order valence-electron chi connectivity index (χ3n) is 5.00. The zero-order chi connectivity index (χ0) is 23.3. The number of carbonyl (C=O) groups is 2. The molecule has 3 rings (SSSR count). The maximum Gasteiger partial charge on any atom is 0.339 e. The van der Waals surface area contributed by atoms with E-state index in [4.69, 9.17) is 9.47 Å². The second-order valence-corrected chi connectivity index (χ2v) is 7.71. The summed E-state index contributed by atoms with van der Waals surface area (Å²) >= 11 is 0.835. The summed E-state index contributed by atoms with van der Waals surface area (Å²) < 4.78 is 39.9. The first-order valence-electron chi connectivity index (χ1n) is 9.95. The number of nitrogens with zero attached hydrogens (tertiary/aromatic N) is 3. The number of rotatable bonds is 6. The van der Waals surface area contributed by atoms with Crippen LogP contribution in [0.3, 0.4) is 0 Å². The maximum absolute atomic E-state index is 13.5. The fourth-order valence-electron chi connectivity index (χ4n) is 3.35. The third-order valence-corrected chi connectivity index (χ3v) is 5.75. The highest BCUT2D eigenvalue weighted by Crippen LogP contribution is 2.29. The second kappa shape index (κ2) is 10.5. The van der Waals surface area contributed by atoms with Gasteiger partial charge in [-0.25, -0.2) is 18.6 Å². The van der Waals surface area contributed by atoms with Crippen molar-refractivity contribution in [2.45, 2.75) is 13.3 Å². The SMILES string of the molecule is CCc1nc(OC)c(NSC(=O)N2CCN(c3cc(F)cc(F)c3)CC2)cc1C(=O)OC. The fraction of sp³-hybridized carbons (Fsp3) is 0.381. The molecule has 0 spiro atoms. The predicted octanol–water partition coefficient (Wildman–Crippen LogP) is 3.72. The number of nitrogens with one attached hydrogen (secondary N) is 1. The Labute approximate surface area is 189 Å². The van der Waals surface area contributed by atoms with Crippen LogP contribution in [0.15, 0.2) is 24.3 Å². The molecule has 0 radical (unpaired) electrons. The smallest absolute Gasteiger partial charge is 0.339 e. The van der Waals surface area contributed by atoms with Crippen molar-refractivity contribution in [2.75, 3.05) is 50.0 Å². The highest BCUT2D eigenvalue weighted by molar-refractivity contribution is 8.14. The zero-order valence-corrected chi connectivity index (χ0v) is 18.8. The quantitative estimate of drug-likeness (QED) is 0.510. The van der Waals surface area contributed by atoms with Gasteiger partial charge in [-0.15, -0.1) is 0 Å². The van der Waals surface area contributed by atoms with Crippen molar-refractivity contribution in [3.63, 3.8) is 0 Å². The number of amides is 1. The van der Waals surface area contributed by atoms with E-state index in [1.807, 2.05) is 11.8 Å². The molecule has 1 saturated heterocycles. The Balaban J connectivity index is 1.63. The molecule has 0 saturated carbocycles. The Bertz CT molecular complexity index is 980. The molecule has 11 heteroatoms. The van der Waals surface area contributed by atoms with Gasteiger partial charge in [0.1, 0.15) is 17.3 Å². The summed E-state index contributed by atoms with van der Waals surface area (Å²) in [5.74, 6) is -1.54. The largest absolute Gasteiger partial charge is 0.479 e. The van der Waals surface area contributed by atoms with Gasteiger partial charge in [-0.05, 0) is 24.6 Å². The molecule has 1 amide bonds. The molecule has 1 aromatic heterocycles. The average molecular weight is 467 g/mol. The van der Waals surface area contributed by atoms with Crippen LogP contribution in [0.4, 0.5) is 25.0 Å². The van der Waals surface area contributed by atoms with Gasteiger partial charge in [-0.2, -0.15) is 0 Å². The summed E-state index contributed by atoms with van der Waals surface area (Å²) in [5, 5.41) is -0.240. The van der Waals surface area contributed by atoms with Crippen molar-refractivity contribution in [3.05, 3.63) is 47.2 Å². The lowest BCUT2D eigenvalue weighted by Gasteiger charge is -2.35. The molecule has 1 aliphatic heterocycles. The summed E-state index contributed by atoms with van der Waals surface area (Å²) in [6, 6.07) is 4.92. The normalized spacial score (nSPS) is 13.7. The Morgan fingerprint density at radius 3 is 2.31 bits per heavy atom. The molecule has 1 aliphatic rings. The van der Waals surface area contributed by atoms with E-state index in [0.29, 0.717) is 55.2 Å². The molecular weight excluding hydrogens is 442 g/mol. The lowest BCUT2D eigenvalue weighted by Crippen LogP contribution is -2.48. The molecule has 8 nitrogen and oxygen atoms in total. The van der Waals surface area contributed by atoms with Crippen LogP contribution >= 0.6 is 11.9 Å². The summed E-state index contributed by atoms with van der Waals surface area (Å²) in [6.45, 7) is 3.53. The third kappa shape index (κ3) is 5.39. The number of hydrogen-bond acceptors (Lipinski definition) is 8. The predicted molar refractivity (Wildman–Crippen MR) is 118 cm³/mol. The van der Waals surface area contributed by atoms with Crippen LogP contribution in [0, 0.1) is 11.6 Å². The monoisotopic (exact) mass is 466 g/mol. The van der Waals surface area contributed by atoms with Crippen LogP contribution in [0.5, 0.6) is 5.88 Å². The van der Waals surface area contributed by atoms with E-state index in [9.17, 15) is 18.4 Å². The minimum absolute atomic E-state index is 0.240. The van der Waals surface area contributed by atoms with Gasteiger partial charge < -0.3 is 24.0 Å². The number of methoxy groups -OCH3 is 2. The van der Waals surface area contributed by atoms with Gasteiger partial charge in [0, 0.05) is 49.9 Å². The van der Waals surface area contributed by atoms with Gasteiger partial charge in [-0.3, -0.25) is 4.79 Å². The molecular formula is C21H24F2N4O4S. The molecule has 1 fully saturated rings. The summed E-state index contributed by atoms with van der Waals surface area (Å²) in [7, 11) is 2.74. The summed E-state index contributed by atoms with van der Waals surface area (Å²) in [4.78, 5) is 32.5. The van der Waals surface area contributed by atoms with Crippen LogP contribution in [-0.2, 0) is 11.2 Å². The van der Waals surface area contributed by atoms with Crippen molar-refractivity contribution in [1.82, 2.24) is 9.88 Å². The van der Waals surface area contributed by atoms with E-state index in [-0.39, 0.29) is 11.1 Å². The molecule has 0 atom stereocenters. The van der Waals surface area contributed by atoms with Crippen LogP contribution in [0.2, 0.25) is 0 Å². The van der Waals surface area contributed by atoms with Crippen LogP contribution in [0.25, 0.3) is 0 Å². The second-order valence-electron chi connectivity index (χ2n) is 6.96. The van der Waals surface area contributed by atoms with E-state index in [2.05, 4.69) is 9.71 Å². The number of carbonyl (C=O) groups excluding carboxylic acids is 2. The van der Waals surface area contributed by atoms with Crippen LogP contribution < -0.4 is 14.4 Å². The molecule has 2 heterocycles. The highest BCUT2D eigenvalue weighted by Gasteiger charge is 2.24. The first kappa shape index (κ1) is 23.6. The van der Waals surface area contributed by atoms with Gasteiger partial charge in [-0.1, -0.05) is 6.92 Å². The maximum atomic E-state index is 13.5. The van der Waals surface area contributed by atoms with Crippen molar-refractivity contribution < 1.29 is 27.8 Å². The van der Waals surface area contributed by atoms with Gasteiger partial charge in [0.25, 0.3) is 0 Å². The highest BCUT2D eigenvalue weighted by atomic mass is 32.2. The number of ether oxygens (including phenoxy) is 2. The van der Waals surface area contributed by atoms with Crippen molar-refractivity contribution in [2.24, 2.45) is 0 Å². The first-order valence-corrected chi connectivity index (χ1v) is 10.8. The van der Waals surface area contributed by atoms with E-state index >= 15 is 0 Å². The molecule has 0 unspecified atom stereocenters. The van der Waals surface area contributed by atoms with Gasteiger partial charge in [0.2, 0.25) is 5.88 Å². The number of anilines is 2. The van der Waals surface area contributed by atoms with Crippen LogP contribution in [-0.4, -0.2) is 61.5 Å². The molecule has 0 bridgehead atoms.